The van der Waals surface area contributed by atoms with E-state index in [4.69, 9.17) is 10.5 Å². The number of nitrogens with two attached hydrogens (primary N) is 1. The number of aromatic amines is 1. The maximum absolute atomic E-state index is 5.78. The molecule has 0 unspecified atom stereocenters. The van der Waals surface area contributed by atoms with Crippen LogP contribution in [0.4, 0.5) is 5.69 Å². The highest BCUT2D eigenvalue weighted by Gasteiger charge is 2.07. The van der Waals surface area contributed by atoms with Crippen LogP contribution < -0.4 is 10.5 Å². The molecule has 3 aromatic rings. The lowest BCUT2D eigenvalue weighted by Crippen LogP contribution is -1.89. The summed E-state index contributed by atoms with van der Waals surface area (Å²) in [5.41, 5.74) is 9.17. The van der Waals surface area contributed by atoms with Gasteiger partial charge >= 0.3 is 0 Å². The predicted molar refractivity (Wildman–Crippen MR) is 79.5 cm³/mol. The fraction of sp³-hybridized carbons (Fsp3) is 0.0714. The van der Waals surface area contributed by atoms with Crippen LogP contribution in [0.15, 0.2) is 40.9 Å². The standard InChI is InChI=1S/C14H12BrN3O/c1-8-2-3-9(15)6-13(8)19-14-17-11-5-4-10(16)7-12(11)18-14/h2-7H,16H2,1H3,(H,17,18). The molecule has 3 rings (SSSR count). The SMILES string of the molecule is Cc1ccc(Br)cc1Oc1nc2ccc(N)cc2[nH]1. The summed E-state index contributed by atoms with van der Waals surface area (Å²) in [7, 11) is 0. The van der Waals surface area contributed by atoms with Crippen molar-refractivity contribution in [2.45, 2.75) is 6.92 Å². The largest absolute Gasteiger partial charge is 0.425 e. The molecule has 1 heterocycles. The zero-order valence-electron chi connectivity index (χ0n) is 10.3. The fourth-order valence-electron chi connectivity index (χ4n) is 1.84. The molecular weight excluding hydrogens is 306 g/mol. The number of hydrogen-bond donors (Lipinski definition) is 2. The summed E-state index contributed by atoms with van der Waals surface area (Å²) >= 11 is 3.43. The second-order valence-electron chi connectivity index (χ2n) is 4.33. The summed E-state index contributed by atoms with van der Waals surface area (Å²) in [6, 6.07) is 11.8. The average molecular weight is 318 g/mol. The minimum absolute atomic E-state index is 0.460. The monoisotopic (exact) mass is 317 g/mol. The van der Waals surface area contributed by atoms with Crippen LogP contribution in [-0.2, 0) is 0 Å². The molecule has 0 spiro atoms. The maximum Gasteiger partial charge on any atom is 0.300 e. The summed E-state index contributed by atoms with van der Waals surface area (Å²) in [5.74, 6) is 0.765. The van der Waals surface area contributed by atoms with Gasteiger partial charge in [0.1, 0.15) is 5.75 Å². The third kappa shape index (κ3) is 2.42. The number of nitrogen functional groups attached to an aromatic ring is 1. The Morgan fingerprint density at radius 2 is 2.05 bits per heavy atom. The molecule has 0 amide bonds. The van der Waals surface area contributed by atoms with Crippen molar-refractivity contribution in [2.75, 3.05) is 5.73 Å². The van der Waals surface area contributed by atoms with Crippen molar-refractivity contribution in [2.24, 2.45) is 0 Å². The third-order valence-electron chi connectivity index (χ3n) is 2.84. The second-order valence-corrected chi connectivity index (χ2v) is 5.25. The molecule has 19 heavy (non-hydrogen) atoms. The Hall–Kier alpha value is -2.01. The minimum atomic E-state index is 0.460. The third-order valence-corrected chi connectivity index (χ3v) is 3.33. The molecule has 0 atom stereocenters. The van der Waals surface area contributed by atoms with Crippen molar-refractivity contribution in [1.29, 1.82) is 0 Å². The highest BCUT2D eigenvalue weighted by molar-refractivity contribution is 9.10. The summed E-state index contributed by atoms with van der Waals surface area (Å²) in [5, 5.41) is 0. The van der Waals surface area contributed by atoms with Gasteiger partial charge in [-0.05, 0) is 42.8 Å². The number of rotatable bonds is 2. The molecule has 3 N–H and O–H groups in total. The highest BCUT2D eigenvalue weighted by Crippen LogP contribution is 2.28. The highest BCUT2D eigenvalue weighted by atomic mass is 79.9. The van der Waals surface area contributed by atoms with Crippen LogP contribution >= 0.6 is 15.9 Å². The lowest BCUT2D eigenvalue weighted by Gasteiger charge is -2.05. The molecule has 96 valence electrons. The molecule has 4 nitrogen and oxygen atoms in total. The van der Waals surface area contributed by atoms with E-state index in [1.54, 1.807) is 0 Å². The van der Waals surface area contributed by atoms with Crippen molar-refractivity contribution in [3.05, 3.63) is 46.4 Å². The number of fused-ring (bicyclic) bond motifs is 1. The number of hydrogen-bond acceptors (Lipinski definition) is 3. The Morgan fingerprint density at radius 3 is 2.89 bits per heavy atom. The van der Waals surface area contributed by atoms with Gasteiger partial charge in [-0.25, -0.2) is 0 Å². The van der Waals surface area contributed by atoms with E-state index in [2.05, 4.69) is 25.9 Å². The van der Waals surface area contributed by atoms with E-state index >= 15 is 0 Å². The van der Waals surface area contributed by atoms with E-state index < -0.39 is 0 Å². The molecular formula is C14H12BrN3O. The van der Waals surface area contributed by atoms with E-state index in [9.17, 15) is 0 Å². The molecule has 2 aromatic carbocycles. The van der Waals surface area contributed by atoms with Crippen molar-refractivity contribution >= 4 is 32.7 Å². The van der Waals surface area contributed by atoms with E-state index in [1.165, 1.54) is 0 Å². The molecule has 0 fully saturated rings. The molecule has 0 saturated carbocycles. The van der Waals surface area contributed by atoms with E-state index in [0.29, 0.717) is 11.7 Å². The molecule has 0 bridgehead atoms. The topological polar surface area (TPSA) is 63.9 Å². The molecule has 1 aromatic heterocycles. The van der Waals surface area contributed by atoms with Gasteiger partial charge in [0.05, 0.1) is 11.0 Å². The van der Waals surface area contributed by atoms with Gasteiger partial charge in [-0.15, -0.1) is 0 Å². The number of benzene rings is 2. The van der Waals surface area contributed by atoms with Crippen LogP contribution in [0.3, 0.4) is 0 Å². The zero-order valence-corrected chi connectivity index (χ0v) is 11.9. The number of aryl methyl sites for hydroxylation is 1. The molecule has 5 heteroatoms. The Bertz CT molecular complexity index is 752. The Balaban J connectivity index is 1.98. The lowest BCUT2D eigenvalue weighted by molar-refractivity contribution is 0.446. The van der Waals surface area contributed by atoms with Gasteiger partial charge in [-0.3, -0.25) is 0 Å². The number of ether oxygens (including phenoxy) is 1. The van der Waals surface area contributed by atoms with Crippen LogP contribution in [0, 0.1) is 6.92 Å². The summed E-state index contributed by atoms with van der Waals surface area (Å²) < 4.78 is 6.74. The van der Waals surface area contributed by atoms with Crippen molar-refractivity contribution < 1.29 is 4.74 Å². The Labute approximate surface area is 118 Å². The zero-order chi connectivity index (χ0) is 13.4. The van der Waals surface area contributed by atoms with Gasteiger partial charge in [0, 0.05) is 10.2 Å². The summed E-state index contributed by atoms with van der Waals surface area (Å²) in [6.07, 6.45) is 0. The molecule has 0 aliphatic rings. The first kappa shape index (κ1) is 12.0. The first-order chi connectivity index (χ1) is 9.11. The number of imidazole rings is 1. The van der Waals surface area contributed by atoms with Gasteiger partial charge in [-0.1, -0.05) is 22.0 Å². The fourth-order valence-corrected chi connectivity index (χ4v) is 2.18. The molecule has 0 aliphatic carbocycles. The molecule has 0 radical (unpaired) electrons. The van der Waals surface area contributed by atoms with Crippen molar-refractivity contribution in [3.8, 4) is 11.8 Å². The van der Waals surface area contributed by atoms with Crippen molar-refractivity contribution in [3.63, 3.8) is 0 Å². The number of H-pyrrole nitrogens is 1. The van der Waals surface area contributed by atoms with Gasteiger partial charge in [0.15, 0.2) is 0 Å². The quantitative estimate of drug-likeness (QED) is 0.702. The Morgan fingerprint density at radius 1 is 1.21 bits per heavy atom. The van der Waals surface area contributed by atoms with Crippen LogP contribution in [-0.4, -0.2) is 9.97 Å². The minimum Gasteiger partial charge on any atom is -0.425 e. The molecule has 0 saturated heterocycles. The number of aromatic nitrogens is 2. The lowest BCUT2D eigenvalue weighted by atomic mass is 10.2. The smallest absolute Gasteiger partial charge is 0.300 e. The van der Waals surface area contributed by atoms with Crippen LogP contribution in [0.25, 0.3) is 11.0 Å². The van der Waals surface area contributed by atoms with Crippen LogP contribution in [0.1, 0.15) is 5.56 Å². The number of anilines is 1. The maximum atomic E-state index is 5.78. The summed E-state index contributed by atoms with van der Waals surface area (Å²) in [6.45, 7) is 1.99. The first-order valence-corrected chi connectivity index (χ1v) is 6.60. The van der Waals surface area contributed by atoms with Gasteiger partial charge in [0.2, 0.25) is 0 Å². The normalized spacial score (nSPS) is 10.8. The van der Waals surface area contributed by atoms with E-state index in [0.717, 1.165) is 26.8 Å². The average Bonchev–Trinajstić information content (AvgIpc) is 2.75. The predicted octanol–water partition coefficient (Wildman–Crippen LogP) is 4.01. The van der Waals surface area contributed by atoms with Crippen LogP contribution in [0.5, 0.6) is 11.8 Å². The van der Waals surface area contributed by atoms with E-state index in [-0.39, 0.29) is 0 Å². The van der Waals surface area contributed by atoms with Gasteiger partial charge in [-0.2, -0.15) is 4.98 Å². The number of halogens is 1. The van der Waals surface area contributed by atoms with Crippen LogP contribution in [0.2, 0.25) is 0 Å². The number of nitrogens with zero attached hydrogens (tertiary/aromatic N) is 1. The summed E-state index contributed by atoms with van der Waals surface area (Å²) in [4.78, 5) is 7.47. The first-order valence-electron chi connectivity index (χ1n) is 5.81. The molecule has 0 aliphatic heterocycles. The van der Waals surface area contributed by atoms with Gasteiger partial charge in [0.25, 0.3) is 6.01 Å². The van der Waals surface area contributed by atoms with Gasteiger partial charge < -0.3 is 15.5 Å². The van der Waals surface area contributed by atoms with Crippen molar-refractivity contribution in [1.82, 2.24) is 9.97 Å². The number of nitrogens with one attached hydrogen (secondary N) is 1. The van der Waals surface area contributed by atoms with E-state index in [1.807, 2.05) is 43.3 Å². The Kier molecular flexibility index (Phi) is 2.91. The second kappa shape index (κ2) is 4.59.